The first-order valence-corrected chi connectivity index (χ1v) is 7.67. The SMILES string of the molecule is CCOc1ccccc1C(=O)OCC(=O)Nc1cccc(C(F)(F)F)c1. The number of alkyl halides is 3. The molecule has 2 rings (SSSR count). The predicted octanol–water partition coefficient (Wildman–Crippen LogP) is 3.90. The van der Waals surface area contributed by atoms with Gasteiger partial charge in [0.25, 0.3) is 5.91 Å². The second-order valence-corrected chi connectivity index (χ2v) is 5.13. The van der Waals surface area contributed by atoms with Crippen LogP contribution in [0.3, 0.4) is 0 Å². The number of carbonyl (C=O) groups excluding carboxylic acids is 2. The molecule has 0 fully saturated rings. The molecule has 2 aromatic rings. The highest BCUT2D eigenvalue weighted by atomic mass is 19.4. The molecule has 1 amide bonds. The van der Waals surface area contributed by atoms with E-state index in [0.717, 1.165) is 12.1 Å². The fraction of sp³-hybridized carbons (Fsp3) is 0.222. The van der Waals surface area contributed by atoms with Gasteiger partial charge in [-0.25, -0.2) is 4.79 Å². The zero-order valence-electron chi connectivity index (χ0n) is 13.8. The normalized spacial score (nSPS) is 10.9. The van der Waals surface area contributed by atoms with Crippen LogP contribution in [0.25, 0.3) is 0 Å². The molecule has 2 aromatic carbocycles. The van der Waals surface area contributed by atoms with Crippen LogP contribution >= 0.6 is 0 Å². The van der Waals surface area contributed by atoms with Crippen LogP contribution in [-0.4, -0.2) is 25.1 Å². The zero-order chi connectivity index (χ0) is 19.2. The quantitative estimate of drug-likeness (QED) is 0.787. The predicted molar refractivity (Wildman–Crippen MR) is 88.0 cm³/mol. The van der Waals surface area contributed by atoms with Crippen LogP contribution in [-0.2, 0) is 15.7 Å². The topological polar surface area (TPSA) is 64.6 Å². The molecule has 0 aliphatic carbocycles. The van der Waals surface area contributed by atoms with Crippen molar-refractivity contribution in [3.63, 3.8) is 0 Å². The van der Waals surface area contributed by atoms with E-state index in [-0.39, 0.29) is 11.3 Å². The number of esters is 1. The first-order chi connectivity index (χ1) is 12.3. The Hall–Kier alpha value is -3.03. The van der Waals surface area contributed by atoms with Crippen LogP contribution in [0.15, 0.2) is 48.5 Å². The molecule has 0 saturated carbocycles. The van der Waals surface area contributed by atoms with Gasteiger partial charge in [-0.05, 0) is 37.3 Å². The van der Waals surface area contributed by atoms with E-state index in [1.54, 1.807) is 25.1 Å². The first-order valence-electron chi connectivity index (χ1n) is 7.67. The van der Waals surface area contributed by atoms with E-state index < -0.39 is 30.2 Å². The first kappa shape index (κ1) is 19.3. The summed E-state index contributed by atoms with van der Waals surface area (Å²) in [6.45, 7) is 1.46. The zero-order valence-corrected chi connectivity index (χ0v) is 13.8. The summed E-state index contributed by atoms with van der Waals surface area (Å²) in [4.78, 5) is 23.9. The largest absolute Gasteiger partial charge is 0.493 e. The van der Waals surface area contributed by atoms with Crippen molar-refractivity contribution in [2.75, 3.05) is 18.5 Å². The van der Waals surface area contributed by atoms with Crippen molar-refractivity contribution >= 4 is 17.6 Å². The van der Waals surface area contributed by atoms with Gasteiger partial charge in [-0.15, -0.1) is 0 Å². The number of para-hydroxylation sites is 1. The number of nitrogens with one attached hydrogen (secondary N) is 1. The summed E-state index contributed by atoms with van der Waals surface area (Å²) in [7, 11) is 0. The minimum absolute atomic E-state index is 0.0457. The van der Waals surface area contributed by atoms with Crippen molar-refractivity contribution < 1.29 is 32.2 Å². The van der Waals surface area contributed by atoms with Crippen molar-refractivity contribution in [2.45, 2.75) is 13.1 Å². The summed E-state index contributed by atoms with van der Waals surface area (Å²) in [6, 6.07) is 10.5. The van der Waals surface area contributed by atoms with Crippen LogP contribution in [0, 0.1) is 0 Å². The van der Waals surface area contributed by atoms with Gasteiger partial charge < -0.3 is 14.8 Å². The molecule has 5 nitrogen and oxygen atoms in total. The molecular weight excluding hydrogens is 351 g/mol. The molecule has 0 atom stereocenters. The second kappa shape index (κ2) is 8.37. The van der Waals surface area contributed by atoms with Gasteiger partial charge in [-0.2, -0.15) is 13.2 Å². The van der Waals surface area contributed by atoms with E-state index in [0.29, 0.717) is 12.4 Å². The van der Waals surface area contributed by atoms with Gasteiger partial charge in [0.2, 0.25) is 0 Å². The van der Waals surface area contributed by atoms with Crippen molar-refractivity contribution in [1.82, 2.24) is 0 Å². The number of halogens is 3. The lowest BCUT2D eigenvalue weighted by Gasteiger charge is -2.11. The Kier molecular flexibility index (Phi) is 6.21. The molecule has 0 saturated heterocycles. The Morgan fingerprint density at radius 3 is 2.50 bits per heavy atom. The standard InChI is InChI=1S/C18H16F3NO4/c1-2-25-15-9-4-3-8-14(15)17(24)26-11-16(23)22-13-7-5-6-12(10-13)18(19,20)21/h3-10H,2,11H2,1H3,(H,22,23). The molecule has 0 aliphatic heterocycles. The van der Waals surface area contributed by atoms with E-state index >= 15 is 0 Å². The Morgan fingerprint density at radius 1 is 1.08 bits per heavy atom. The summed E-state index contributed by atoms with van der Waals surface area (Å²) in [5.74, 6) is -1.21. The van der Waals surface area contributed by atoms with E-state index in [4.69, 9.17) is 9.47 Å². The average molecular weight is 367 g/mol. The maximum Gasteiger partial charge on any atom is 0.416 e. The van der Waals surface area contributed by atoms with Gasteiger partial charge in [0.05, 0.1) is 12.2 Å². The molecule has 0 aliphatic rings. The fourth-order valence-corrected chi connectivity index (χ4v) is 2.10. The highest BCUT2D eigenvalue weighted by Crippen LogP contribution is 2.30. The molecule has 0 radical (unpaired) electrons. The smallest absolute Gasteiger partial charge is 0.416 e. The van der Waals surface area contributed by atoms with Gasteiger partial charge in [0.15, 0.2) is 6.61 Å². The lowest BCUT2D eigenvalue weighted by molar-refractivity contribution is -0.137. The Balaban J connectivity index is 1.96. The minimum atomic E-state index is -4.52. The van der Waals surface area contributed by atoms with Gasteiger partial charge in [0.1, 0.15) is 11.3 Å². The molecular formula is C18H16F3NO4. The van der Waals surface area contributed by atoms with Crippen molar-refractivity contribution in [1.29, 1.82) is 0 Å². The lowest BCUT2D eigenvalue weighted by Crippen LogP contribution is -2.21. The number of carbonyl (C=O) groups is 2. The molecule has 8 heteroatoms. The lowest BCUT2D eigenvalue weighted by atomic mass is 10.2. The monoisotopic (exact) mass is 367 g/mol. The summed E-state index contributed by atoms with van der Waals surface area (Å²) in [5, 5.41) is 2.25. The molecule has 26 heavy (non-hydrogen) atoms. The number of hydrogen-bond donors (Lipinski definition) is 1. The van der Waals surface area contributed by atoms with Crippen molar-refractivity contribution in [2.24, 2.45) is 0 Å². The molecule has 0 aromatic heterocycles. The van der Waals surface area contributed by atoms with Crippen LogP contribution < -0.4 is 10.1 Å². The summed E-state index contributed by atoms with van der Waals surface area (Å²) < 4.78 is 48.2. The Labute approximate surface area is 147 Å². The molecule has 138 valence electrons. The van der Waals surface area contributed by atoms with Crippen molar-refractivity contribution in [3.8, 4) is 5.75 Å². The van der Waals surface area contributed by atoms with Crippen LogP contribution in [0.2, 0.25) is 0 Å². The molecule has 0 bridgehead atoms. The van der Waals surface area contributed by atoms with Crippen LogP contribution in [0.5, 0.6) is 5.75 Å². The van der Waals surface area contributed by atoms with E-state index in [9.17, 15) is 22.8 Å². The summed E-state index contributed by atoms with van der Waals surface area (Å²) in [6.07, 6.45) is -4.52. The highest BCUT2D eigenvalue weighted by Gasteiger charge is 2.30. The number of benzene rings is 2. The third-order valence-corrected chi connectivity index (χ3v) is 3.21. The molecule has 0 heterocycles. The maximum atomic E-state index is 12.7. The Bertz CT molecular complexity index is 790. The van der Waals surface area contributed by atoms with Crippen molar-refractivity contribution in [3.05, 3.63) is 59.7 Å². The van der Waals surface area contributed by atoms with Crippen LogP contribution in [0.1, 0.15) is 22.8 Å². The number of ether oxygens (including phenoxy) is 2. The number of hydrogen-bond acceptors (Lipinski definition) is 4. The number of anilines is 1. The van der Waals surface area contributed by atoms with Crippen LogP contribution in [0.4, 0.5) is 18.9 Å². The summed E-state index contributed by atoms with van der Waals surface area (Å²) in [5.41, 5.74) is -0.783. The molecule has 0 unspecified atom stereocenters. The van der Waals surface area contributed by atoms with Gasteiger partial charge in [-0.3, -0.25) is 4.79 Å². The second-order valence-electron chi connectivity index (χ2n) is 5.13. The fourth-order valence-electron chi connectivity index (χ4n) is 2.10. The third-order valence-electron chi connectivity index (χ3n) is 3.21. The van der Waals surface area contributed by atoms with E-state index in [2.05, 4.69) is 5.32 Å². The molecule has 0 spiro atoms. The minimum Gasteiger partial charge on any atom is -0.493 e. The third kappa shape index (κ3) is 5.23. The maximum absolute atomic E-state index is 12.7. The summed E-state index contributed by atoms with van der Waals surface area (Å²) >= 11 is 0. The number of rotatable bonds is 6. The van der Waals surface area contributed by atoms with Gasteiger partial charge in [0, 0.05) is 5.69 Å². The number of amides is 1. The van der Waals surface area contributed by atoms with E-state index in [1.807, 2.05) is 0 Å². The molecule has 1 N–H and O–H groups in total. The van der Waals surface area contributed by atoms with Gasteiger partial charge >= 0.3 is 12.1 Å². The average Bonchev–Trinajstić information content (AvgIpc) is 2.60. The van der Waals surface area contributed by atoms with Gasteiger partial charge in [-0.1, -0.05) is 18.2 Å². The van der Waals surface area contributed by atoms with E-state index in [1.165, 1.54) is 18.2 Å². The highest BCUT2D eigenvalue weighted by molar-refractivity contribution is 5.96. The Morgan fingerprint density at radius 2 is 1.81 bits per heavy atom.